The molecule has 0 aromatic heterocycles. The maximum atomic E-state index is 5.01. The predicted octanol–water partition coefficient (Wildman–Crippen LogP) is 2.19. The third-order valence-corrected chi connectivity index (χ3v) is 2.08. The zero-order valence-corrected chi connectivity index (χ0v) is 8.73. The first-order chi connectivity index (χ1) is 5.85. The van der Waals surface area contributed by atoms with Gasteiger partial charge in [0.2, 0.25) is 0 Å². The summed E-state index contributed by atoms with van der Waals surface area (Å²) < 4.78 is 5.01. The molecular weight excluding hydrogens is 150 g/mol. The number of ether oxygens (including phenoxy) is 1. The molecular formula is C10H23NO. The van der Waals surface area contributed by atoms with Crippen LogP contribution in [0.4, 0.5) is 0 Å². The Morgan fingerprint density at radius 3 is 2.58 bits per heavy atom. The van der Waals surface area contributed by atoms with Crippen molar-refractivity contribution in [3.8, 4) is 0 Å². The summed E-state index contributed by atoms with van der Waals surface area (Å²) >= 11 is 0. The SMILES string of the molecule is CCCN[C@H](CC)CCCOC. The van der Waals surface area contributed by atoms with Crippen LogP contribution in [0.2, 0.25) is 0 Å². The third kappa shape index (κ3) is 6.62. The molecule has 0 radical (unpaired) electrons. The number of nitrogens with one attached hydrogen (secondary N) is 1. The van der Waals surface area contributed by atoms with Gasteiger partial charge >= 0.3 is 0 Å². The lowest BCUT2D eigenvalue weighted by molar-refractivity contribution is 0.188. The molecule has 0 fully saturated rings. The van der Waals surface area contributed by atoms with E-state index < -0.39 is 0 Å². The molecule has 74 valence electrons. The fourth-order valence-electron chi connectivity index (χ4n) is 1.27. The Morgan fingerprint density at radius 1 is 1.33 bits per heavy atom. The maximum absolute atomic E-state index is 5.01. The molecule has 0 aromatic rings. The van der Waals surface area contributed by atoms with E-state index in [4.69, 9.17) is 4.74 Å². The molecule has 0 saturated carbocycles. The average Bonchev–Trinajstić information content (AvgIpc) is 2.11. The Morgan fingerprint density at radius 2 is 2.08 bits per heavy atom. The normalized spacial score (nSPS) is 13.2. The zero-order chi connectivity index (χ0) is 9.23. The summed E-state index contributed by atoms with van der Waals surface area (Å²) in [4.78, 5) is 0. The summed E-state index contributed by atoms with van der Waals surface area (Å²) in [5, 5.41) is 3.52. The van der Waals surface area contributed by atoms with E-state index in [1.807, 2.05) is 0 Å². The highest BCUT2D eigenvalue weighted by molar-refractivity contribution is 4.63. The van der Waals surface area contributed by atoms with Crippen LogP contribution in [-0.4, -0.2) is 26.3 Å². The smallest absolute Gasteiger partial charge is 0.0462 e. The molecule has 0 heterocycles. The maximum Gasteiger partial charge on any atom is 0.0462 e. The third-order valence-electron chi connectivity index (χ3n) is 2.08. The topological polar surface area (TPSA) is 21.3 Å². The molecule has 0 saturated heterocycles. The van der Waals surface area contributed by atoms with Gasteiger partial charge in [0.25, 0.3) is 0 Å². The van der Waals surface area contributed by atoms with E-state index in [1.54, 1.807) is 7.11 Å². The first-order valence-corrected chi connectivity index (χ1v) is 5.07. The van der Waals surface area contributed by atoms with Crippen molar-refractivity contribution < 1.29 is 4.74 Å². The highest BCUT2D eigenvalue weighted by atomic mass is 16.5. The second kappa shape index (κ2) is 9.01. The van der Waals surface area contributed by atoms with Crippen LogP contribution in [0, 0.1) is 0 Å². The summed E-state index contributed by atoms with van der Waals surface area (Å²) in [5.41, 5.74) is 0. The molecule has 0 bridgehead atoms. The first kappa shape index (κ1) is 11.9. The van der Waals surface area contributed by atoms with E-state index in [0.29, 0.717) is 6.04 Å². The van der Waals surface area contributed by atoms with Crippen molar-refractivity contribution in [2.24, 2.45) is 0 Å². The molecule has 1 atom stereocenters. The Labute approximate surface area is 76.7 Å². The summed E-state index contributed by atoms with van der Waals surface area (Å²) in [6, 6.07) is 0.695. The molecule has 0 aromatic carbocycles. The van der Waals surface area contributed by atoms with Crippen molar-refractivity contribution in [3.63, 3.8) is 0 Å². The minimum absolute atomic E-state index is 0.695. The Bertz CT molecular complexity index is 85.9. The van der Waals surface area contributed by atoms with Gasteiger partial charge in [-0.15, -0.1) is 0 Å². The summed E-state index contributed by atoms with van der Waals surface area (Å²) in [5.74, 6) is 0. The molecule has 0 unspecified atom stereocenters. The molecule has 12 heavy (non-hydrogen) atoms. The summed E-state index contributed by atoms with van der Waals surface area (Å²) in [6.07, 6.45) is 4.86. The lowest BCUT2D eigenvalue weighted by Crippen LogP contribution is -2.29. The minimum atomic E-state index is 0.695. The summed E-state index contributed by atoms with van der Waals surface area (Å²) in [6.45, 7) is 6.48. The van der Waals surface area contributed by atoms with Gasteiger partial charge in [-0.05, 0) is 32.2 Å². The number of hydrogen-bond donors (Lipinski definition) is 1. The molecule has 0 aliphatic heterocycles. The fourth-order valence-corrected chi connectivity index (χ4v) is 1.27. The second-order valence-electron chi connectivity index (χ2n) is 3.19. The Balaban J connectivity index is 3.26. The first-order valence-electron chi connectivity index (χ1n) is 5.07. The standard InChI is InChI=1S/C10H23NO/c1-4-8-11-10(5-2)7-6-9-12-3/h10-11H,4-9H2,1-3H3/t10-/m1/s1. The van der Waals surface area contributed by atoms with E-state index in [2.05, 4.69) is 19.2 Å². The highest BCUT2D eigenvalue weighted by Gasteiger charge is 2.02. The van der Waals surface area contributed by atoms with Gasteiger partial charge < -0.3 is 10.1 Å². The van der Waals surface area contributed by atoms with E-state index in [0.717, 1.165) is 13.2 Å². The van der Waals surface area contributed by atoms with Crippen LogP contribution in [0.3, 0.4) is 0 Å². The van der Waals surface area contributed by atoms with Gasteiger partial charge in [0, 0.05) is 19.8 Å². The van der Waals surface area contributed by atoms with Crippen LogP contribution < -0.4 is 5.32 Å². The van der Waals surface area contributed by atoms with Gasteiger partial charge in [0.1, 0.15) is 0 Å². The van der Waals surface area contributed by atoms with Crippen molar-refractivity contribution in [2.75, 3.05) is 20.3 Å². The van der Waals surface area contributed by atoms with Gasteiger partial charge in [0.15, 0.2) is 0 Å². The van der Waals surface area contributed by atoms with Crippen molar-refractivity contribution in [1.82, 2.24) is 5.32 Å². The Kier molecular flexibility index (Phi) is 8.95. The monoisotopic (exact) mass is 173 g/mol. The van der Waals surface area contributed by atoms with Crippen molar-refractivity contribution in [2.45, 2.75) is 45.6 Å². The van der Waals surface area contributed by atoms with Gasteiger partial charge in [0.05, 0.1) is 0 Å². The molecule has 2 heteroatoms. The second-order valence-corrected chi connectivity index (χ2v) is 3.19. The highest BCUT2D eigenvalue weighted by Crippen LogP contribution is 2.01. The largest absolute Gasteiger partial charge is 0.385 e. The number of hydrogen-bond acceptors (Lipinski definition) is 2. The zero-order valence-electron chi connectivity index (χ0n) is 8.73. The fraction of sp³-hybridized carbons (Fsp3) is 1.00. The van der Waals surface area contributed by atoms with E-state index in [1.165, 1.54) is 25.7 Å². The molecule has 2 nitrogen and oxygen atoms in total. The molecule has 0 spiro atoms. The van der Waals surface area contributed by atoms with Crippen LogP contribution in [0.15, 0.2) is 0 Å². The predicted molar refractivity (Wildman–Crippen MR) is 53.5 cm³/mol. The van der Waals surface area contributed by atoms with E-state index in [9.17, 15) is 0 Å². The van der Waals surface area contributed by atoms with Crippen LogP contribution >= 0.6 is 0 Å². The van der Waals surface area contributed by atoms with Crippen LogP contribution in [0.1, 0.15) is 39.5 Å². The van der Waals surface area contributed by atoms with Gasteiger partial charge in [-0.25, -0.2) is 0 Å². The molecule has 0 amide bonds. The molecule has 1 N–H and O–H groups in total. The lowest BCUT2D eigenvalue weighted by Gasteiger charge is -2.15. The van der Waals surface area contributed by atoms with Gasteiger partial charge in [-0.2, -0.15) is 0 Å². The van der Waals surface area contributed by atoms with E-state index in [-0.39, 0.29) is 0 Å². The van der Waals surface area contributed by atoms with Crippen LogP contribution in [0.5, 0.6) is 0 Å². The molecule has 0 rings (SSSR count). The minimum Gasteiger partial charge on any atom is -0.385 e. The van der Waals surface area contributed by atoms with Gasteiger partial charge in [-0.1, -0.05) is 13.8 Å². The molecule has 0 aliphatic carbocycles. The average molecular weight is 173 g/mol. The molecule has 0 aliphatic rings. The van der Waals surface area contributed by atoms with E-state index >= 15 is 0 Å². The van der Waals surface area contributed by atoms with Crippen LogP contribution in [-0.2, 0) is 4.74 Å². The van der Waals surface area contributed by atoms with Gasteiger partial charge in [-0.3, -0.25) is 0 Å². The lowest BCUT2D eigenvalue weighted by atomic mass is 10.1. The van der Waals surface area contributed by atoms with Crippen molar-refractivity contribution >= 4 is 0 Å². The van der Waals surface area contributed by atoms with Crippen LogP contribution in [0.25, 0.3) is 0 Å². The van der Waals surface area contributed by atoms with Crippen molar-refractivity contribution in [3.05, 3.63) is 0 Å². The summed E-state index contributed by atoms with van der Waals surface area (Å²) in [7, 11) is 1.76. The number of methoxy groups -OCH3 is 1. The number of rotatable bonds is 8. The van der Waals surface area contributed by atoms with Crippen molar-refractivity contribution in [1.29, 1.82) is 0 Å². The Hall–Kier alpha value is -0.0800. The quantitative estimate of drug-likeness (QED) is 0.568.